The van der Waals surface area contributed by atoms with Gasteiger partial charge in [0.05, 0.1) is 5.69 Å². The fourth-order valence-electron chi connectivity index (χ4n) is 1.31. The molecule has 0 bridgehead atoms. The quantitative estimate of drug-likeness (QED) is 0.744. The molecule has 0 saturated heterocycles. The van der Waals surface area contributed by atoms with Crippen molar-refractivity contribution in [2.45, 2.75) is 25.5 Å². The van der Waals surface area contributed by atoms with Crippen molar-refractivity contribution in [3.05, 3.63) is 17.5 Å². The van der Waals surface area contributed by atoms with Gasteiger partial charge >= 0.3 is 0 Å². The summed E-state index contributed by atoms with van der Waals surface area (Å²) in [5.74, 6) is -0.202. The third-order valence-electron chi connectivity index (χ3n) is 1.85. The average Bonchev–Trinajstić information content (AvgIpc) is 2.28. The molecule has 1 heterocycles. The Kier molecular flexibility index (Phi) is 3.55. The summed E-state index contributed by atoms with van der Waals surface area (Å²) in [6, 6.07) is 1.78. The molecule has 0 unspecified atom stereocenters. The van der Waals surface area contributed by atoms with Crippen molar-refractivity contribution < 1.29 is 8.42 Å². The Morgan fingerprint density at radius 1 is 1.57 bits per heavy atom. The van der Waals surface area contributed by atoms with Gasteiger partial charge in [-0.25, -0.2) is 8.42 Å². The number of halogens is 1. The smallest absolute Gasteiger partial charge is 0.238 e. The molecule has 0 aliphatic heterocycles. The van der Waals surface area contributed by atoms with Crippen molar-refractivity contribution in [2.75, 3.05) is 0 Å². The minimum absolute atomic E-state index is 0.202. The maximum Gasteiger partial charge on any atom is 0.238 e. The van der Waals surface area contributed by atoms with Crippen LogP contribution in [0.5, 0.6) is 0 Å². The van der Waals surface area contributed by atoms with E-state index in [2.05, 4.69) is 12.0 Å². The minimum atomic E-state index is -3.50. The molecule has 4 nitrogen and oxygen atoms in total. The number of rotatable bonds is 4. The van der Waals surface area contributed by atoms with E-state index in [0.29, 0.717) is 5.69 Å². The van der Waals surface area contributed by atoms with Gasteiger partial charge in [0.1, 0.15) is 5.75 Å². The predicted molar refractivity (Wildman–Crippen MR) is 55.7 cm³/mol. The number of aryl methyl sites for hydroxylation is 2. The summed E-state index contributed by atoms with van der Waals surface area (Å²) in [6.45, 7) is 2.06. The minimum Gasteiger partial charge on any atom is -0.272 e. The molecule has 1 rings (SSSR count). The molecule has 6 heteroatoms. The van der Waals surface area contributed by atoms with Gasteiger partial charge in [0.15, 0.2) is 0 Å². The van der Waals surface area contributed by atoms with Crippen molar-refractivity contribution >= 4 is 19.7 Å². The Morgan fingerprint density at radius 2 is 2.21 bits per heavy atom. The Balaban J connectivity index is 2.86. The lowest BCUT2D eigenvalue weighted by molar-refractivity contribution is 0.607. The fraction of sp³-hybridized carbons (Fsp3) is 0.625. The number of hydrogen-bond acceptors (Lipinski definition) is 3. The van der Waals surface area contributed by atoms with Crippen LogP contribution in [-0.4, -0.2) is 18.2 Å². The predicted octanol–water partition coefficient (Wildman–Crippen LogP) is 1.44. The van der Waals surface area contributed by atoms with E-state index in [9.17, 15) is 8.42 Å². The van der Waals surface area contributed by atoms with Gasteiger partial charge in [-0.3, -0.25) is 4.68 Å². The lowest BCUT2D eigenvalue weighted by atomic mass is 10.2. The van der Waals surface area contributed by atoms with Crippen LogP contribution in [0.1, 0.15) is 24.7 Å². The molecule has 0 amide bonds. The first kappa shape index (κ1) is 11.5. The SMILES string of the molecule is CCCc1cc(CS(=O)(=O)Cl)nn1C. The second-order valence-electron chi connectivity index (χ2n) is 3.18. The highest BCUT2D eigenvalue weighted by molar-refractivity contribution is 8.13. The largest absolute Gasteiger partial charge is 0.272 e. The van der Waals surface area contributed by atoms with Crippen LogP contribution in [0, 0.1) is 0 Å². The molecule has 0 fully saturated rings. The lowest BCUT2D eigenvalue weighted by Gasteiger charge is -1.96. The van der Waals surface area contributed by atoms with E-state index < -0.39 is 9.05 Å². The van der Waals surface area contributed by atoms with Crippen LogP contribution < -0.4 is 0 Å². The number of aromatic nitrogens is 2. The van der Waals surface area contributed by atoms with Gasteiger partial charge in [0.2, 0.25) is 9.05 Å². The molecular formula is C8H13ClN2O2S. The normalized spacial score (nSPS) is 11.9. The third kappa shape index (κ3) is 3.31. The summed E-state index contributed by atoms with van der Waals surface area (Å²) in [5.41, 5.74) is 1.54. The van der Waals surface area contributed by atoms with E-state index in [0.717, 1.165) is 18.5 Å². The second kappa shape index (κ2) is 4.31. The standard InChI is InChI=1S/C8H13ClN2O2S/c1-3-4-8-5-7(10-11(8)2)6-14(9,12)13/h5H,3-4,6H2,1-2H3. The average molecular weight is 237 g/mol. The summed E-state index contributed by atoms with van der Waals surface area (Å²) < 4.78 is 23.3. The maximum atomic E-state index is 10.8. The molecule has 0 radical (unpaired) electrons. The van der Waals surface area contributed by atoms with E-state index in [1.54, 1.807) is 17.8 Å². The Bertz CT molecular complexity index is 411. The van der Waals surface area contributed by atoms with Gasteiger partial charge in [-0.15, -0.1) is 0 Å². The Labute approximate surface area is 88.3 Å². The maximum absolute atomic E-state index is 10.8. The van der Waals surface area contributed by atoms with Crippen LogP contribution in [0.3, 0.4) is 0 Å². The summed E-state index contributed by atoms with van der Waals surface area (Å²) in [6.07, 6.45) is 1.90. The highest BCUT2D eigenvalue weighted by Crippen LogP contribution is 2.11. The van der Waals surface area contributed by atoms with Gasteiger partial charge in [-0.2, -0.15) is 5.10 Å². The zero-order valence-electron chi connectivity index (χ0n) is 8.20. The van der Waals surface area contributed by atoms with Gasteiger partial charge in [0.25, 0.3) is 0 Å². The molecule has 0 atom stereocenters. The van der Waals surface area contributed by atoms with Crippen LogP contribution in [0.15, 0.2) is 6.07 Å². The molecular weight excluding hydrogens is 224 g/mol. The molecule has 14 heavy (non-hydrogen) atoms. The molecule has 0 spiro atoms. The second-order valence-corrected chi connectivity index (χ2v) is 5.96. The molecule has 0 aliphatic rings. The summed E-state index contributed by atoms with van der Waals surface area (Å²) >= 11 is 0. The van der Waals surface area contributed by atoms with Gasteiger partial charge in [-0.05, 0) is 12.5 Å². The molecule has 0 aromatic carbocycles. The van der Waals surface area contributed by atoms with Gasteiger partial charge in [-0.1, -0.05) is 13.3 Å². The molecule has 1 aromatic heterocycles. The van der Waals surface area contributed by atoms with Crippen LogP contribution in [0.2, 0.25) is 0 Å². The fourth-order valence-corrected chi connectivity index (χ4v) is 2.14. The number of nitrogens with zero attached hydrogens (tertiary/aromatic N) is 2. The molecule has 80 valence electrons. The highest BCUT2D eigenvalue weighted by atomic mass is 35.7. The van der Waals surface area contributed by atoms with Crippen molar-refractivity contribution in [1.82, 2.24) is 9.78 Å². The monoisotopic (exact) mass is 236 g/mol. The van der Waals surface area contributed by atoms with Crippen molar-refractivity contribution in [2.24, 2.45) is 7.05 Å². The van der Waals surface area contributed by atoms with Crippen molar-refractivity contribution in [3.8, 4) is 0 Å². The van der Waals surface area contributed by atoms with Crippen molar-refractivity contribution in [3.63, 3.8) is 0 Å². The molecule has 1 aromatic rings. The van der Waals surface area contributed by atoms with Crippen molar-refractivity contribution in [1.29, 1.82) is 0 Å². The van der Waals surface area contributed by atoms with E-state index in [-0.39, 0.29) is 5.75 Å². The van der Waals surface area contributed by atoms with Gasteiger partial charge < -0.3 is 0 Å². The third-order valence-corrected chi connectivity index (χ3v) is 2.82. The zero-order chi connectivity index (χ0) is 10.8. The topological polar surface area (TPSA) is 52.0 Å². The Morgan fingerprint density at radius 3 is 2.71 bits per heavy atom. The first-order valence-corrected chi connectivity index (χ1v) is 6.84. The van der Waals surface area contributed by atoms with Crippen LogP contribution >= 0.6 is 10.7 Å². The molecule has 0 N–H and O–H groups in total. The Hall–Kier alpha value is -0.550. The number of hydrogen-bond donors (Lipinski definition) is 0. The lowest BCUT2D eigenvalue weighted by Crippen LogP contribution is -1.99. The molecule has 0 aliphatic carbocycles. The summed E-state index contributed by atoms with van der Waals surface area (Å²) in [7, 11) is 3.43. The van der Waals surface area contributed by atoms with E-state index >= 15 is 0 Å². The van der Waals surface area contributed by atoms with Crippen LogP contribution in [0.4, 0.5) is 0 Å². The van der Waals surface area contributed by atoms with Crippen LogP contribution in [-0.2, 0) is 28.3 Å². The molecule has 0 saturated carbocycles. The van der Waals surface area contributed by atoms with Gasteiger partial charge in [0, 0.05) is 23.4 Å². The first-order valence-electron chi connectivity index (χ1n) is 4.36. The van der Waals surface area contributed by atoms with E-state index in [4.69, 9.17) is 10.7 Å². The highest BCUT2D eigenvalue weighted by Gasteiger charge is 2.11. The summed E-state index contributed by atoms with van der Waals surface area (Å²) in [4.78, 5) is 0. The van der Waals surface area contributed by atoms with E-state index in [1.165, 1.54) is 0 Å². The summed E-state index contributed by atoms with van der Waals surface area (Å²) in [5, 5.41) is 4.07. The first-order chi connectivity index (χ1) is 6.42. The van der Waals surface area contributed by atoms with E-state index in [1.807, 2.05) is 0 Å². The van der Waals surface area contributed by atoms with Crippen LogP contribution in [0.25, 0.3) is 0 Å². The zero-order valence-corrected chi connectivity index (χ0v) is 9.77.